The van der Waals surface area contributed by atoms with E-state index in [0.717, 1.165) is 30.6 Å². The van der Waals surface area contributed by atoms with E-state index in [-0.39, 0.29) is 5.69 Å². The maximum absolute atomic E-state index is 13.1. The van der Waals surface area contributed by atoms with Gasteiger partial charge in [-0.05, 0) is 26.0 Å². The van der Waals surface area contributed by atoms with Gasteiger partial charge in [0.25, 0.3) is 0 Å². The van der Waals surface area contributed by atoms with Crippen molar-refractivity contribution < 1.29 is 13.6 Å². The van der Waals surface area contributed by atoms with Crippen molar-refractivity contribution in [1.82, 2.24) is 15.3 Å². The number of halogens is 2. The van der Waals surface area contributed by atoms with Crippen LogP contribution in [0.25, 0.3) is 0 Å². The first-order valence-corrected chi connectivity index (χ1v) is 7.80. The minimum atomic E-state index is -0.757. The molecule has 0 atom stereocenters. The average molecular weight is 350 g/mol. The van der Waals surface area contributed by atoms with E-state index in [0.29, 0.717) is 24.7 Å². The molecular formula is C16H20F2N6O. The summed E-state index contributed by atoms with van der Waals surface area (Å²) in [7, 11) is 0. The van der Waals surface area contributed by atoms with Gasteiger partial charge in [-0.1, -0.05) is 0 Å². The SMILES string of the molecule is CCNc1cc(NCCNC(=O)Nc2cc(F)cc(F)c2)nc(C)n1. The molecule has 2 aromatic rings. The summed E-state index contributed by atoms with van der Waals surface area (Å²) in [5.41, 5.74) is 0.0460. The molecule has 0 saturated carbocycles. The van der Waals surface area contributed by atoms with Crippen LogP contribution in [0.1, 0.15) is 12.7 Å². The first-order valence-electron chi connectivity index (χ1n) is 7.80. The number of benzene rings is 1. The number of hydrogen-bond donors (Lipinski definition) is 4. The second-order valence-electron chi connectivity index (χ2n) is 5.18. The summed E-state index contributed by atoms with van der Waals surface area (Å²) in [6.07, 6.45) is 0. The van der Waals surface area contributed by atoms with Crippen LogP contribution in [0.3, 0.4) is 0 Å². The van der Waals surface area contributed by atoms with Gasteiger partial charge in [-0.3, -0.25) is 0 Å². The fourth-order valence-electron chi connectivity index (χ4n) is 2.10. The molecular weight excluding hydrogens is 330 g/mol. The van der Waals surface area contributed by atoms with Crippen LogP contribution in [0, 0.1) is 18.6 Å². The molecule has 0 saturated heterocycles. The van der Waals surface area contributed by atoms with Gasteiger partial charge in [0.15, 0.2) is 0 Å². The molecule has 0 bridgehead atoms. The fourth-order valence-corrected chi connectivity index (χ4v) is 2.10. The summed E-state index contributed by atoms with van der Waals surface area (Å²) in [6.45, 7) is 5.22. The van der Waals surface area contributed by atoms with Gasteiger partial charge in [0.1, 0.15) is 29.1 Å². The third-order valence-corrected chi connectivity index (χ3v) is 3.03. The Labute approximate surface area is 144 Å². The normalized spacial score (nSPS) is 10.2. The number of hydrogen-bond acceptors (Lipinski definition) is 5. The molecule has 25 heavy (non-hydrogen) atoms. The zero-order chi connectivity index (χ0) is 18.2. The first-order chi connectivity index (χ1) is 12.0. The molecule has 0 aliphatic heterocycles. The highest BCUT2D eigenvalue weighted by Crippen LogP contribution is 2.12. The van der Waals surface area contributed by atoms with E-state index in [2.05, 4.69) is 31.2 Å². The van der Waals surface area contributed by atoms with E-state index in [1.54, 1.807) is 13.0 Å². The van der Waals surface area contributed by atoms with Crippen molar-refractivity contribution in [2.24, 2.45) is 0 Å². The molecule has 4 N–H and O–H groups in total. The molecule has 0 unspecified atom stereocenters. The van der Waals surface area contributed by atoms with E-state index in [9.17, 15) is 13.6 Å². The molecule has 134 valence electrons. The highest BCUT2D eigenvalue weighted by Gasteiger charge is 2.05. The average Bonchev–Trinajstić information content (AvgIpc) is 2.50. The van der Waals surface area contributed by atoms with E-state index < -0.39 is 17.7 Å². The number of urea groups is 1. The highest BCUT2D eigenvalue weighted by atomic mass is 19.1. The molecule has 7 nitrogen and oxygen atoms in total. The maximum Gasteiger partial charge on any atom is 0.319 e. The molecule has 0 aliphatic rings. The standard InChI is InChI=1S/C16H20F2N6O/c1-3-19-14-9-15(23-10(2)22-14)20-4-5-21-16(25)24-13-7-11(17)6-12(18)8-13/h6-9H,3-5H2,1-2H3,(H2,21,24,25)(H2,19,20,22,23). The number of anilines is 3. The van der Waals surface area contributed by atoms with Crippen LogP contribution < -0.4 is 21.3 Å². The number of aromatic nitrogens is 2. The van der Waals surface area contributed by atoms with Crippen LogP contribution >= 0.6 is 0 Å². The second kappa shape index (κ2) is 8.76. The number of nitrogens with one attached hydrogen (secondary N) is 4. The lowest BCUT2D eigenvalue weighted by Gasteiger charge is -2.11. The molecule has 2 amide bonds. The minimum absolute atomic E-state index is 0.0460. The summed E-state index contributed by atoms with van der Waals surface area (Å²) >= 11 is 0. The second-order valence-corrected chi connectivity index (χ2v) is 5.18. The molecule has 2 rings (SSSR count). The Hall–Kier alpha value is -2.97. The van der Waals surface area contributed by atoms with Gasteiger partial charge in [0.05, 0.1) is 0 Å². The summed E-state index contributed by atoms with van der Waals surface area (Å²) in [4.78, 5) is 20.2. The Balaban J connectivity index is 1.78. The highest BCUT2D eigenvalue weighted by molar-refractivity contribution is 5.89. The Morgan fingerprint density at radius 1 is 1.00 bits per heavy atom. The van der Waals surface area contributed by atoms with Crippen LogP contribution in [-0.4, -0.2) is 35.6 Å². The molecule has 0 radical (unpaired) electrons. The molecule has 9 heteroatoms. The van der Waals surface area contributed by atoms with Crippen molar-refractivity contribution in [3.05, 3.63) is 41.7 Å². The predicted molar refractivity (Wildman–Crippen MR) is 92.8 cm³/mol. The lowest BCUT2D eigenvalue weighted by atomic mass is 10.3. The Morgan fingerprint density at radius 2 is 1.64 bits per heavy atom. The number of carbonyl (C=O) groups is 1. The molecule has 1 aromatic carbocycles. The van der Waals surface area contributed by atoms with Gasteiger partial charge in [-0.2, -0.15) is 0 Å². The van der Waals surface area contributed by atoms with Crippen LogP contribution in [-0.2, 0) is 0 Å². The van der Waals surface area contributed by atoms with Gasteiger partial charge < -0.3 is 21.3 Å². The van der Waals surface area contributed by atoms with Crippen LogP contribution in [0.2, 0.25) is 0 Å². The van der Waals surface area contributed by atoms with E-state index in [4.69, 9.17) is 0 Å². The molecule has 0 aliphatic carbocycles. The van der Waals surface area contributed by atoms with Gasteiger partial charge in [-0.15, -0.1) is 0 Å². The number of amides is 2. The zero-order valence-electron chi connectivity index (χ0n) is 14.0. The van der Waals surface area contributed by atoms with Gasteiger partial charge in [0, 0.05) is 37.5 Å². The fraction of sp³-hybridized carbons (Fsp3) is 0.312. The largest absolute Gasteiger partial charge is 0.370 e. The number of nitrogens with zero attached hydrogens (tertiary/aromatic N) is 2. The van der Waals surface area contributed by atoms with Crippen molar-refractivity contribution in [1.29, 1.82) is 0 Å². The lowest BCUT2D eigenvalue weighted by molar-refractivity contribution is 0.252. The summed E-state index contributed by atoms with van der Waals surface area (Å²) < 4.78 is 26.1. The quantitative estimate of drug-likeness (QED) is 0.577. The van der Waals surface area contributed by atoms with Crippen LogP contribution in [0.4, 0.5) is 30.9 Å². The van der Waals surface area contributed by atoms with Gasteiger partial charge >= 0.3 is 6.03 Å². The summed E-state index contributed by atoms with van der Waals surface area (Å²) in [5.74, 6) is 0.467. The maximum atomic E-state index is 13.1. The van der Waals surface area contributed by atoms with E-state index in [1.165, 1.54) is 0 Å². The minimum Gasteiger partial charge on any atom is -0.370 e. The Kier molecular flexibility index (Phi) is 6.44. The topological polar surface area (TPSA) is 91.0 Å². The molecule has 0 spiro atoms. The van der Waals surface area contributed by atoms with Crippen molar-refractivity contribution in [2.45, 2.75) is 13.8 Å². The third kappa shape index (κ3) is 6.21. The summed E-state index contributed by atoms with van der Waals surface area (Å²) in [5, 5.41) is 11.1. The number of aryl methyl sites for hydroxylation is 1. The van der Waals surface area contributed by atoms with Crippen LogP contribution in [0.5, 0.6) is 0 Å². The lowest BCUT2D eigenvalue weighted by Crippen LogP contribution is -2.32. The van der Waals surface area contributed by atoms with Crippen molar-refractivity contribution in [3.63, 3.8) is 0 Å². The van der Waals surface area contributed by atoms with Crippen molar-refractivity contribution >= 4 is 23.4 Å². The smallest absolute Gasteiger partial charge is 0.319 e. The van der Waals surface area contributed by atoms with Crippen LogP contribution in [0.15, 0.2) is 24.3 Å². The van der Waals surface area contributed by atoms with Crippen molar-refractivity contribution in [3.8, 4) is 0 Å². The molecule has 1 aromatic heterocycles. The molecule has 1 heterocycles. The van der Waals surface area contributed by atoms with Gasteiger partial charge in [-0.25, -0.2) is 23.5 Å². The predicted octanol–water partition coefficient (Wildman–Crippen LogP) is 2.73. The zero-order valence-corrected chi connectivity index (χ0v) is 14.0. The van der Waals surface area contributed by atoms with E-state index >= 15 is 0 Å². The van der Waals surface area contributed by atoms with Gasteiger partial charge in [0.2, 0.25) is 0 Å². The van der Waals surface area contributed by atoms with E-state index in [1.807, 2.05) is 6.92 Å². The number of carbonyl (C=O) groups excluding carboxylic acids is 1. The molecule has 0 fully saturated rings. The Morgan fingerprint density at radius 3 is 2.28 bits per heavy atom. The Bertz CT molecular complexity index is 720. The third-order valence-electron chi connectivity index (χ3n) is 3.03. The van der Waals surface area contributed by atoms with Crippen molar-refractivity contribution in [2.75, 3.05) is 35.6 Å². The number of rotatable bonds is 7. The monoisotopic (exact) mass is 350 g/mol. The summed E-state index contributed by atoms with van der Waals surface area (Å²) in [6, 6.07) is 4.02. The first kappa shape index (κ1) is 18.4.